The number of aryl methyl sites for hydroxylation is 1. The lowest BCUT2D eigenvalue weighted by atomic mass is 9.89. The second kappa shape index (κ2) is 8.11. The quantitative estimate of drug-likeness (QED) is 0.736. The Bertz CT molecular complexity index is 413. The van der Waals surface area contributed by atoms with E-state index in [4.69, 9.17) is 28.9 Å². The first-order valence-electron chi connectivity index (χ1n) is 7.19. The van der Waals surface area contributed by atoms with Crippen LogP contribution in [-0.4, -0.2) is 30.4 Å². The molecule has 4 heteroatoms. The molecule has 2 N–H and O–H groups in total. The summed E-state index contributed by atoms with van der Waals surface area (Å²) in [6.07, 6.45) is 1.85. The zero-order valence-electron chi connectivity index (χ0n) is 12.8. The molecule has 114 valence electrons. The van der Waals surface area contributed by atoms with Gasteiger partial charge in [0.15, 0.2) is 0 Å². The number of benzene rings is 1. The first kappa shape index (κ1) is 17.6. The van der Waals surface area contributed by atoms with Crippen molar-refractivity contribution in [3.63, 3.8) is 0 Å². The molecule has 1 atom stereocenters. The summed E-state index contributed by atoms with van der Waals surface area (Å²) in [5.74, 6) is 1.20. The molecule has 0 aliphatic carbocycles. The summed E-state index contributed by atoms with van der Waals surface area (Å²) in [6.45, 7) is 7.99. The Labute approximate surface area is 133 Å². The average molecular weight is 317 g/mol. The van der Waals surface area contributed by atoms with Gasteiger partial charge < -0.3 is 10.6 Å². The number of nitrogens with zero attached hydrogens (tertiary/aromatic N) is 1. The molecule has 1 rings (SSSR count). The Morgan fingerprint density at radius 2 is 1.80 bits per heavy atom. The van der Waals surface area contributed by atoms with E-state index >= 15 is 0 Å². The van der Waals surface area contributed by atoms with Crippen molar-refractivity contribution in [3.8, 4) is 0 Å². The summed E-state index contributed by atoms with van der Waals surface area (Å²) in [5.41, 5.74) is 9.92. The summed E-state index contributed by atoms with van der Waals surface area (Å²) >= 11 is 11.8. The van der Waals surface area contributed by atoms with Gasteiger partial charge in [-0.1, -0.05) is 13.0 Å². The van der Waals surface area contributed by atoms with Gasteiger partial charge in [-0.15, -0.1) is 23.2 Å². The second-order valence-electron chi connectivity index (χ2n) is 5.66. The highest BCUT2D eigenvalue weighted by molar-refractivity contribution is 6.18. The van der Waals surface area contributed by atoms with Crippen LogP contribution in [0.2, 0.25) is 0 Å². The van der Waals surface area contributed by atoms with Crippen LogP contribution in [0, 0.1) is 6.92 Å². The van der Waals surface area contributed by atoms with Crippen LogP contribution in [0.3, 0.4) is 0 Å². The van der Waals surface area contributed by atoms with Crippen LogP contribution >= 0.6 is 23.2 Å². The third kappa shape index (κ3) is 5.16. The van der Waals surface area contributed by atoms with E-state index in [2.05, 4.69) is 43.9 Å². The maximum absolute atomic E-state index is 6.30. The first-order valence-corrected chi connectivity index (χ1v) is 8.25. The van der Waals surface area contributed by atoms with Gasteiger partial charge in [-0.25, -0.2) is 0 Å². The maximum Gasteiger partial charge on any atom is 0.0399 e. The summed E-state index contributed by atoms with van der Waals surface area (Å²) in [7, 11) is 0. The van der Waals surface area contributed by atoms with Crippen LogP contribution in [-0.2, 0) is 6.42 Å². The Morgan fingerprint density at radius 1 is 1.20 bits per heavy atom. The molecule has 20 heavy (non-hydrogen) atoms. The minimum atomic E-state index is -0.160. The van der Waals surface area contributed by atoms with Gasteiger partial charge in [0.2, 0.25) is 0 Å². The maximum atomic E-state index is 6.30. The van der Waals surface area contributed by atoms with Gasteiger partial charge in [0.05, 0.1) is 0 Å². The third-order valence-electron chi connectivity index (χ3n) is 3.81. The number of halogens is 2. The number of alkyl halides is 2. The molecule has 0 bridgehead atoms. The van der Waals surface area contributed by atoms with Gasteiger partial charge in [0.1, 0.15) is 0 Å². The van der Waals surface area contributed by atoms with E-state index in [0.29, 0.717) is 11.8 Å². The smallest absolute Gasteiger partial charge is 0.0399 e. The fraction of sp³-hybridized carbons (Fsp3) is 0.625. The molecule has 0 heterocycles. The molecular weight excluding hydrogens is 291 g/mol. The van der Waals surface area contributed by atoms with Crippen LogP contribution < -0.4 is 10.6 Å². The molecule has 2 nitrogen and oxygen atoms in total. The van der Waals surface area contributed by atoms with E-state index in [1.807, 2.05) is 0 Å². The number of rotatable bonds is 8. The fourth-order valence-electron chi connectivity index (χ4n) is 2.18. The first-order chi connectivity index (χ1) is 9.43. The van der Waals surface area contributed by atoms with Crippen molar-refractivity contribution in [2.45, 2.75) is 39.2 Å². The summed E-state index contributed by atoms with van der Waals surface area (Å²) in [6, 6.07) is 6.53. The zero-order valence-corrected chi connectivity index (χ0v) is 14.3. The lowest BCUT2D eigenvalue weighted by Gasteiger charge is -2.27. The van der Waals surface area contributed by atoms with Gasteiger partial charge in [-0.05, 0) is 49.9 Å². The molecule has 0 saturated heterocycles. The number of hydrogen-bond acceptors (Lipinski definition) is 2. The van der Waals surface area contributed by atoms with E-state index in [1.54, 1.807) is 0 Å². The molecule has 0 unspecified atom stereocenters. The van der Waals surface area contributed by atoms with Crippen molar-refractivity contribution in [2.24, 2.45) is 5.73 Å². The number of nitrogens with two attached hydrogens (primary N) is 1. The Kier molecular flexibility index (Phi) is 7.14. The molecule has 0 aliphatic rings. The predicted octanol–water partition coefficient (Wildman–Crippen LogP) is 3.95. The average Bonchev–Trinajstić information content (AvgIpc) is 2.41. The minimum Gasteiger partial charge on any atom is -0.369 e. The van der Waals surface area contributed by atoms with Crippen LogP contribution in [0.1, 0.15) is 31.4 Å². The summed E-state index contributed by atoms with van der Waals surface area (Å²) in [4.78, 5) is 2.22. The highest BCUT2D eigenvalue weighted by Crippen LogP contribution is 2.23. The topological polar surface area (TPSA) is 29.3 Å². The van der Waals surface area contributed by atoms with Crippen molar-refractivity contribution < 1.29 is 0 Å². The molecule has 0 amide bonds. The zero-order chi connectivity index (χ0) is 15.2. The third-order valence-corrected chi connectivity index (χ3v) is 4.15. The lowest BCUT2D eigenvalue weighted by Crippen LogP contribution is -2.38. The standard InChI is InChI=1S/C16H26Cl2N2/c1-4-16(3,19)12-14-11-15(6-5-13(14)2)20(9-7-17)10-8-18/h5-6,11H,4,7-10,12,19H2,1-3H3/t16-/m1/s1. The van der Waals surface area contributed by atoms with Crippen molar-refractivity contribution in [2.75, 3.05) is 29.7 Å². The summed E-state index contributed by atoms with van der Waals surface area (Å²) in [5, 5.41) is 0. The van der Waals surface area contributed by atoms with E-state index in [0.717, 1.165) is 25.9 Å². The molecule has 0 radical (unpaired) electrons. The molecule has 0 fully saturated rings. The second-order valence-corrected chi connectivity index (χ2v) is 6.42. The molecule has 1 aromatic rings. The van der Waals surface area contributed by atoms with E-state index in [1.165, 1.54) is 16.8 Å². The lowest BCUT2D eigenvalue weighted by molar-refractivity contribution is 0.449. The highest BCUT2D eigenvalue weighted by atomic mass is 35.5. The van der Waals surface area contributed by atoms with Crippen molar-refractivity contribution in [1.82, 2.24) is 0 Å². The summed E-state index contributed by atoms with van der Waals surface area (Å²) < 4.78 is 0. The normalized spacial score (nSPS) is 14.1. The van der Waals surface area contributed by atoms with E-state index in [9.17, 15) is 0 Å². The molecule has 0 spiro atoms. The minimum absolute atomic E-state index is 0.160. The van der Waals surface area contributed by atoms with Gasteiger partial charge in [0, 0.05) is 36.1 Å². The monoisotopic (exact) mass is 316 g/mol. The van der Waals surface area contributed by atoms with Gasteiger partial charge >= 0.3 is 0 Å². The van der Waals surface area contributed by atoms with Crippen LogP contribution in [0.5, 0.6) is 0 Å². The van der Waals surface area contributed by atoms with Gasteiger partial charge in [-0.2, -0.15) is 0 Å². The van der Waals surface area contributed by atoms with Gasteiger partial charge in [-0.3, -0.25) is 0 Å². The van der Waals surface area contributed by atoms with Gasteiger partial charge in [0.25, 0.3) is 0 Å². The van der Waals surface area contributed by atoms with Crippen molar-refractivity contribution in [1.29, 1.82) is 0 Å². The van der Waals surface area contributed by atoms with Crippen molar-refractivity contribution >= 4 is 28.9 Å². The number of hydrogen-bond donors (Lipinski definition) is 1. The Morgan fingerprint density at radius 3 is 2.30 bits per heavy atom. The van der Waals surface area contributed by atoms with Crippen LogP contribution in [0.15, 0.2) is 18.2 Å². The van der Waals surface area contributed by atoms with E-state index in [-0.39, 0.29) is 5.54 Å². The molecule has 0 aromatic heterocycles. The largest absolute Gasteiger partial charge is 0.369 e. The van der Waals surface area contributed by atoms with Crippen molar-refractivity contribution in [3.05, 3.63) is 29.3 Å². The highest BCUT2D eigenvalue weighted by Gasteiger charge is 2.18. The SMILES string of the molecule is CC[C@@](C)(N)Cc1cc(N(CCCl)CCCl)ccc1C. The molecule has 0 saturated carbocycles. The Balaban J connectivity index is 2.99. The van der Waals surface area contributed by atoms with Crippen LogP contribution in [0.25, 0.3) is 0 Å². The molecular formula is C16H26Cl2N2. The molecule has 0 aliphatic heterocycles. The number of anilines is 1. The Hall–Kier alpha value is -0.440. The van der Waals surface area contributed by atoms with Crippen LogP contribution in [0.4, 0.5) is 5.69 Å². The predicted molar refractivity (Wildman–Crippen MR) is 91.4 cm³/mol. The van der Waals surface area contributed by atoms with E-state index < -0.39 is 0 Å². The molecule has 1 aromatic carbocycles. The fourth-order valence-corrected chi connectivity index (χ4v) is 2.59.